The zero-order chi connectivity index (χ0) is 12.4. The average Bonchev–Trinajstić information content (AvgIpc) is 2.63. The third kappa shape index (κ3) is 3.40. The van der Waals surface area contributed by atoms with Gasteiger partial charge in [0.1, 0.15) is 17.7 Å². The fourth-order valence-corrected chi connectivity index (χ4v) is 2.39. The molecule has 0 aliphatic heterocycles. The van der Waals surface area contributed by atoms with Gasteiger partial charge < -0.3 is 9.52 Å². The van der Waals surface area contributed by atoms with Crippen LogP contribution in [0.4, 0.5) is 4.39 Å². The van der Waals surface area contributed by atoms with E-state index in [-0.39, 0.29) is 5.82 Å². The lowest BCUT2D eigenvalue weighted by Crippen LogP contribution is -2.00. The zero-order valence-electron chi connectivity index (χ0n) is 8.66. The fraction of sp³-hybridized carbons (Fsp3) is 0.167. The van der Waals surface area contributed by atoms with Crippen molar-refractivity contribution in [3.05, 3.63) is 56.6 Å². The van der Waals surface area contributed by atoms with Crippen molar-refractivity contribution in [3.63, 3.8) is 0 Å². The second-order valence-electron chi connectivity index (χ2n) is 3.64. The average molecular weight is 364 g/mol. The van der Waals surface area contributed by atoms with Crippen molar-refractivity contribution in [1.82, 2.24) is 0 Å². The SMILES string of the molecule is OC(Cc1cc(F)cc(Br)c1)c1ccc(Br)o1. The molecule has 1 unspecified atom stereocenters. The second kappa shape index (κ2) is 5.33. The number of halogens is 3. The summed E-state index contributed by atoms with van der Waals surface area (Å²) in [6, 6.07) is 7.93. The summed E-state index contributed by atoms with van der Waals surface area (Å²) in [5, 5.41) is 9.92. The van der Waals surface area contributed by atoms with Crippen LogP contribution in [0.2, 0.25) is 0 Å². The molecule has 1 N–H and O–H groups in total. The highest BCUT2D eigenvalue weighted by molar-refractivity contribution is 9.10. The van der Waals surface area contributed by atoms with Gasteiger partial charge in [-0.05, 0) is 51.8 Å². The first kappa shape index (κ1) is 12.8. The summed E-state index contributed by atoms with van der Waals surface area (Å²) in [6.07, 6.45) is -0.481. The van der Waals surface area contributed by atoms with Crippen LogP contribution in [-0.4, -0.2) is 5.11 Å². The molecule has 90 valence electrons. The van der Waals surface area contributed by atoms with E-state index in [1.807, 2.05) is 0 Å². The Balaban J connectivity index is 2.15. The van der Waals surface area contributed by atoms with E-state index in [1.54, 1.807) is 18.2 Å². The lowest BCUT2D eigenvalue weighted by molar-refractivity contribution is 0.148. The van der Waals surface area contributed by atoms with Crippen molar-refractivity contribution in [2.24, 2.45) is 0 Å². The second-order valence-corrected chi connectivity index (χ2v) is 5.34. The largest absolute Gasteiger partial charge is 0.452 e. The number of furan rings is 1. The lowest BCUT2D eigenvalue weighted by Gasteiger charge is -2.08. The number of aliphatic hydroxyl groups is 1. The number of benzene rings is 1. The Bertz CT molecular complexity index is 505. The minimum absolute atomic E-state index is 0.302. The van der Waals surface area contributed by atoms with Crippen LogP contribution in [0, 0.1) is 5.82 Å². The van der Waals surface area contributed by atoms with Crippen LogP contribution in [0.5, 0.6) is 0 Å². The van der Waals surface area contributed by atoms with Gasteiger partial charge in [-0.3, -0.25) is 0 Å². The molecule has 1 aromatic carbocycles. The monoisotopic (exact) mass is 362 g/mol. The molecule has 0 aliphatic rings. The molecule has 2 nitrogen and oxygen atoms in total. The Hall–Kier alpha value is -0.650. The highest BCUT2D eigenvalue weighted by Gasteiger charge is 2.13. The summed E-state index contributed by atoms with van der Waals surface area (Å²) in [7, 11) is 0. The van der Waals surface area contributed by atoms with Gasteiger partial charge in [0.15, 0.2) is 4.67 Å². The van der Waals surface area contributed by atoms with Crippen molar-refractivity contribution >= 4 is 31.9 Å². The molecule has 2 aromatic rings. The van der Waals surface area contributed by atoms with Gasteiger partial charge in [0, 0.05) is 10.9 Å². The van der Waals surface area contributed by atoms with Gasteiger partial charge in [0.05, 0.1) is 0 Å². The molecule has 0 bridgehead atoms. The first-order chi connectivity index (χ1) is 8.04. The summed E-state index contributed by atoms with van der Waals surface area (Å²) in [4.78, 5) is 0. The van der Waals surface area contributed by atoms with Gasteiger partial charge in [-0.1, -0.05) is 15.9 Å². The Morgan fingerprint density at radius 2 is 2.00 bits per heavy atom. The maximum absolute atomic E-state index is 13.1. The summed E-state index contributed by atoms with van der Waals surface area (Å²) in [5.74, 6) is 0.124. The lowest BCUT2D eigenvalue weighted by atomic mass is 10.1. The van der Waals surface area contributed by atoms with Crippen LogP contribution in [0.3, 0.4) is 0 Å². The molecule has 1 atom stereocenters. The van der Waals surface area contributed by atoms with Crippen LogP contribution in [0.1, 0.15) is 17.4 Å². The maximum atomic E-state index is 13.1. The van der Waals surface area contributed by atoms with Crippen LogP contribution in [0.15, 0.2) is 43.9 Å². The quantitative estimate of drug-likeness (QED) is 0.885. The zero-order valence-corrected chi connectivity index (χ0v) is 11.8. The van der Waals surface area contributed by atoms with Crippen LogP contribution < -0.4 is 0 Å². The first-order valence-corrected chi connectivity index (χ1v) is 6.51. The van der Waals surface area contributed by atoms with Gasteiger partial charge in [0.25, 0.3) is 0 Å². The Labute approximate surface area is 115 Å². The number of hydrogen-bond acceptors (Lipinski definition) is 2. The molecular weight excluding hydrogens is 355 g/mol. The van der Waals surface area contributed by atoms with Crippen molar-refractivity contribution in [1.29, 1.82) is 0 Å². The molecule has 17 heavy (non-hydrogen) atoms. The summed E-state index contributed by atoms with van der Waals surface area (Å²) < 4.78 is 19.6. The van der Waals surface area contributed by atoms with Crippen molar-refractivity contribution in [2.75, 3.05) is 0 Å². The topological polar surface area (TPSA) is 33.4 Å². The van der Waals surface area contributed by atoms with E-state index < -0.39 is 6.10 Å². The van der Waals surface area contributed by atoms with Gasteiger partial charge >= 0.3 is 0 Å². The summed E-state index contributed by atoms with van der Waals surface area (Å²) in [5.41, 5.74) is 0.705. The molecule has 0 radical (unpaired) electrons. The highest BCUT2D eigenvalue weighted by Crippen LogP contribution is 2.25. The minimum atomic E-state index is -0.782. The summed E-state index contributed by atoms with van der Waals surface area (Å²) in [6.45, 7) is 0. The van der Waals surface area contributed by atoms with E-state index in [2.05, 4.69) is 31.9 Å². The maximum Gasteiger partial charge on any atom is 0.169 e. The molecule has 2 rings (SSSR count). The molecule has 0 saturated carbocycles. The molecule has 1 aromatic heterocycles. The Kier molecular flexibility index (Phi) is 4.01. The molecule has 0 amide bonds. The summed E-state index contributed by atoms with van der Waals surface area (Å²) >= 11 is 6.37. The number of aliphatic hydroxyl groups excluding tert-OH is 1. The smallest absolute Gasteiger partial charge is 0.169 e. The van der Waals surface area contributed by atoms with E-state index in [0.29, 0.717) is 26.9 Å². The van der Waals surface area contributed by atoms with E-state index in [1.165, 1.54) is 12.1 Å². The molecule has 0 aliphatic carbocycles. The molecule has 0 fully saturated rings. The first-order valence-electron chi connectivity index (χ1n) is 4.93. The van der Waals surface area contributed by atoms with E-state index in [0.717, 1.165) is 0 Å². The van der Waals surface area contributed by atoms with Gasteiger partial charge in [-0.2, -0.15) is 0 Å². The number of hydrogen-bond donors (Lipinski definition) is 1. The Morgan fingerprint density at radius 3 is 2.59 bits per heavy atom. The number of rotatable bonds is 3. The normalized spacial score (nSPS) is 12.7. The van der Waals surface area contributed by atoms with Crippen LogP contribution >= 0.6 is 31.9 Å². The highest BCUT2D eigenvalue weighted by atomic mass is 79.9. The molecular formula is C12H9Br2FO2. The van der Waals surface area contributed by atoms with E-state index in [9.17, 15) is 9.50 Å². The molecule has 5 heteroatoms. The van der Waals surface area contributed by atoms with Gasteiger partial charge in [-0.25, -0.2) is 4.39 Å². The Morgan fingerprint density at radius 1 is 1.24 bits per heavy atom. The fourth-order valence-electron chi connectivity index (χ4n) is 1.56. The predicted octanol–water partition coefficient (Wildman–Crippen LogP) is 4.22. The third-order valence-corrected chi connectivity index (χ3v) is 3.16. The van der Waals surface area contributed by atoms with Crippen molar-refractivity contribution in [3.8, 4) is 0 Å². The molecule has 1 heterocycles. The molecule has 0 spiro atoms. The third-order valence-electron chi connectivity index (χ3n) is 2.27. The standard InChI is InChI=1S/C12H9Br2FO2/c13-8-3-7(4-9(15)6-8)5-10(16)11-1-2-12(14)17-11/h1-4,6,10,16H,5H2. The minimum Gasteiger partial charge on any atom is -0.452 e. The molecule has 0 saturated heterocycles. The van der Waals surface area contributed by atoms with Crippen LogP contribution in [-0.2, 0) is 6.42 Å². The van der Waals surface area contributed by atoms with Gasteiger partial charge in [0.2, 0.25) is 0 Å². The van der Waals surface area contributed by atoms with Crippen molar-refractivity contribution in [2.45, 2.75) is 12.5 Å². The van der Waals surface area contributed by atoms with Crippen LogP contribution in [0.25, 0.3) is 0 Å². The van der Waals surface area contributed by atoms with E-state index in [4.69, 9.17) is 4.42 Å². The van der Waals surface area contributed by atoms with Crippen molar-refractivity contribution < 1.29 is 13.9 Å². The van der Waals surface area contributed by atoms with E-state index >= 15 is 0 Å². The predicted molar refractivity (Wildman–Crippen MR) is 69.2 cm³/mol. The van der Waals surface area contributed by atoms with Gasteiger partial charge in [-0.15, -0.1) is 0 Å².